The Morgan fingerprint density at radius 1 is 1.43 bits per heavy atom. The number of carbonyl (C=O) groups excluding carboxylic acids is 1. The second kappa shape index (κ2) is 7.07. The first kappa shape index (κ1) is 18.0. The number of alkyl halides is 4. The lowest BCUT2D eigenvalue weighted by atomic mass is 10.1. The average Bonchev–Trinajstić information content (AvgIpc) is 2.87. The molecule has 0 saturated heterocycles. The summed E-state index contributed by atoms with van der Waals surface area (Å²) in [4.78, 5) is 16.1. The first-order valence-corrected chi connectivity index (χ1v) is 8.05. The van der Waals surface area contributed by atoms with Crippen LogP contribution in [0.25, 0.3) is 0 Å². The van der Waals surface area contributed by atoms with Crippen molar-refractivity contribution >= 4 is 45.6 Å². The van der Waals surface area contributed by atoms with E-state index in [-0.39, 0.29) is 11.4 Å². The van der Waals surface area contributed by atoms with Crippen LogP contribution in [0.2, 0.25) is 5.02 Å². The van der Waals surface area contributed by atoms with Gasteiger partial charge in [-0.15, -0.1) is 22.9 Å². The lowest BCUT2D eigenvalue weighted by molar-refractivity contribution is -0.137. The van der Waals surface area contributed by atoms with Crippen LogP contribution in [0.3, 0.4) is 0 Å². The third kappa shape index (κ3) is 4.83. The summed E-state index contributed by atoms with van der Waals surface area (Å²) < 4.78 is 38.2. The molecule has 0 bridgehead atoms. The van der Waals surface area contributed by atoms with Gasteiger partial charge in [0.05, 0.1) is 5.56 Å². The molecule has 9 heteroatoms. The fraction of sp³-hybridized carbons (Fsp3) is 0.286. The Morgan fingerprint density at radius 2 is 2.13 bits per heavy atom. The molecule has 1 unspecified atom stereocenters. The molecular formula is C14H11Cl2F3N2OS. The molecule has 0 aliphatic heterocycles. The number of halogens is 5. The van der Waals surface area contributed by atoms with E-state index in [0.29, 0.717) is 15.6 Å². The Hall–Kier alpha value is -1.31. The number of hydrogen-bond acceptors (Lipinski definition) is 3. The summed E-state index contributed by atoms with van der Waals surface area (Å²) in [7, 11) is 0. The Bertz CT molecular complexity index is 716. The van der Waals surface area contributed by atoms with Crippen molar-refractivity contribution in [1.29, 1.82) is 0 Å². The van der Waals surface area contributed by atoms with E-state index in [1.807, 2.05) is 0 Å². The number of anilines is 1. The molecule has 0 saturated carbocycles. The van der Waals surface area contributed by atoms with Crippen LogP contribution in [0.4, 0.5) is 18.3 Å². The van der Waals surface area contributed by atoms with Crippen LogP contribution >= 0.6 is 34.5 Å². The van der Waals surface area contributed by atoms with Gasteiger partial charge in [-0.1, -0.05) is 11.6 Å². The second-order valence-electron chi connectivity index (χ2n) is 4.72. The minimum Gasteiger partial charge on any atom is -0.301 e. The number of amides is 1. The molecule has 0 aliphatic carbocycles. The van der Waals surface area contributed by atoms with E-state index in [0.717, 1.165) is 23.5 Å². The average molecular weight is 383 g/mol. The van der Waals surface area contributed by atoms with Crippen LogP contribution in [-0.4, -0.2) is 16.3 Å². The fourth-order valence-corrected chi connectivity index (χ4v) is 2.80. The molecular weight excluding hydrogens is 372 g/mol. The second-order valence-corrected chi connectivity index (χ2v) is 6.89. The van der Waals surface area contributed by atoms with Crippen LogP contribution in [0.5, 0.6) is 0 Å². The molecule has 0 spiro atoms. The molecule has 0 fully saturated rings. The zero-order valence-electron chi connectivity index (χ0n) is 11.7. The van der Waals surface area contributed by atoms with Crippen LogP contribution in [0, 0.1) is 0 Å². The highest BCUT2D eigenvalue weighted by atomic mass is 35.5. The van der Waals surface area contributed by atoms with E-state index in [1.54, 1.807) is 0 Å². The number of benzene rings is 1. The molecule has 2 aromatic rings. The highest BCUT2D eigenvalue weighted by Crippen LogP contribution is 2.33. The maximum atomic E-state index is 12.7. The summed E-state index contributed by atoms with van der Waals surface area (Å²) in [6.07, 6.45) is -2.76. The monoisotopic (exact) mass is 382 g/mol. The summed E-state index contributed by atoms with van der Waals surface area (Å²) in [5.41, 5.74) is -0.417. The zero-order valence-corrected chi connectivity index (χ0v) is 14.1. The normalized spacial score (nSPS) is 13.0. The molecule has 1 heterocycles. The Balaban J connectivity index is 2.17. The summed E-state index contributed by atoms with van der Waals surface area (Å²) in [5, 5.41) is 2.39. The minimum atomic E-state index is -4.43. The van der Waals surface area contributed by atoms with Gasteiger partial charge in [0.2, 0.25) is 5.91 Å². The molecule has 0 aliphatic rings. The van der Waals surface area contributed by atoms with Gasteiger partial charge in [0.25, 0.3) is 0 Å². The number of carbonyl (C=O) groups is 1. The van der Waals surface area contributed by atoms with Crippen LogP contribution < -0.4 is 5.32 Å². The predicted molar refractivity (Wildman–Crippen MR) is 85.3 cm³/mol. The van der Waals surface area contributed by atoms with E-state index < -0.39 is 23.0 Å². The van der Waals surface area contributed by atoms with Gasteiger partial charge in [0.15, 0.2) is 5.13 Å². The van der Waals surface area contributed by atoms with E-state index in [9.17, 15) is 18.0 Å². The fourth-order valence-electron chi connectivity index (χ4n) is 1.73. The first-order chi connectivity index (χ1) is 10.7. The summed E-state index contributed by atoms with van der Waals surface area (Å²) >= 11 is 12.7. The van der Waals surface area contributed by atoms with Gasteiger partial charge in [-0.25, -0.2) is 4.98 Å². The lowest BCUT2D eigenvalue weighted by Crippen LogP contribution is -2.19. The number of rotatable bonds is 4. The highest BCUT2D eigenvalue weighted by molar-refractivity contribution is 7.15. The molecule has 124 valence electrons. The van der Waals surface area contributed by atoms with E-state index in [4.69, 9.17) is 23.2 Å². The Morgan fingerprint density at radius 3 is 2.74 bits per heavy atom. The Kier molecular flexibility index (Phi) is 5.54. The van der Waals surface area contributed by atoms with E-state index >= 15 is 0 Å². The number of hydrogen-bond donors (Lipinski definition) is 1. The summed E-state index contributed by atoms with van der Waals surface area (Å²) in [6.45, 7) is 1.52. The first-order valence-electron chi connectivity index (χ1n) is 6.42. The van der Waals surface area contributed by atoms with Gasteiger partial charge in [-0.3, -0.25) is 4.79 Å². The van der Waals surface area contributed by atoms with Gasteiger partial charge < -0.3 is 5.32 Å². The third-order valence-electron chi connectivity index (χ3n) is 2.88. The topological polar surface area (TPSA) is 42.0 Å². The van der Waals surface area contributed by atoms with Gasteiger partial charge in [0, 0.05) is 22.5 Å². The zero-order chi connectivity index (χ0) is 17.2. The predicted octanol–water partition coefficient (Wildman–Crippen LogP) is 4.97. The molecule has 3 nitrogen and oxygen atoms in total. The molecule has 2 rings (SSSR count). The molecule has 1 atom stereocenters. The Labute approximate surface area is 144 Å². The molecule has 1 aromatic heterocycles. The van der Waals surface area contributed by atoms with Crippen LogP contribution in [-0.2, 0) is 17.4 Å². The number of aromatic nitrogens is 1. The van der Waals surface area contributed by atoms with Crippen molar-refractivity contribution in [3.63, 3.8) is 0 Å². The smallest absolute Gasteiger partial charge is 0.301 e. The van der Waals surface area contributed by atoms with Crippen molar-refractivity contribution in [1.82, 2.24) is 4.98 Å². The van der Waals surface area contributed by atoms with Crippen molar-refractivity contribution in [2.75, 3.05) is 5.32 Å². The van der Waals surface area contributed by atoms with Gasteiger partial charge >= 0.3 is 6.18 Å². The number of nitrogens with zero attached hydrogens (tertiary/aromatic N) is 1. The van der Waals surface area contributed by atoms with Crippen molar-refractivity contribution in [2.24, 2.45) is 0 Å². The molecule has 0 radical (unpaired) electrons. The maximum absolute atomic E-state index is 12.7. The largest absolute Gasteiger partial charge is 0.416 e. The lowest BCUT2D eigenvalue weighted by Gasteiger charge is -2.09. The minimum absolute atomic E-state index is 0.187. The van der Waals surface area contributed by atoms with E-state index in [1.165, 1.54) is 19.2 Å². The summed E-state index contributed by atoms with van der Waals surface area (Å²) in [5.74, 6) is -0.398. The summed E-state index contributed by atoms with van der Waals surface area (Å²) in [6, 6.07) is 3.17. The van der Waals surface area contributed by atoms with Gasteiger partial charge in [-0.05, 0) is 30.7 Å². The van der Waals surface area contributed by atoms with Crippen molar-refractivity contribution in [2.45, 2.75) is 24.9 Å². The SMILES string of the molecule is CC(Cl)C(=O)Nc1ncc(Cc2cc(C(F)(F)F)ccc2Cl)s1. The van der Waals surface area contributed by atoms with Crippen LogP contribution in [0.1, 0.15) is 22.9 Å². The van der Waals surface area contributed by atoms with Crippen molar-refractivity contribution < 1.29 is 18.0 Å². The van der Waals surface area contributed by atoms with Gasteiger partial charge in [-0.2, -0.15) is 13.2 Å². The molecule has 1 aromatic carbocycles. The number of thiazole rings is 1. The third-order valence-corrected chi connectivity index (χ3v) is 4.36. The van der Waals surface area contributed by atoms with Crippen LogP contribution in [0.15, 0.2) is 24.4 Å². The quantitative estimate of drug-likeness (QED) is 0.758. The molecule has 1 N–H and O–H groups in total. The van der Waals surface area contributed by atoms with Crippen molar-refractivity contribution in [3.8, 4) is 0 Å². The molecule has 23 heavy (non-hydrogen) atoms. The van der Waals surface area contributed by atoms with Gasteiger partial charge in [0.1, 0.15) is 5.38 Å². The van der Waals surface area contributed by atoms with Crippen molar-refractivity contribution in [3.05, 3.63) is 45.4 Å². The van der Waals surface area contributed by atoms with E-state index in [2.05, 4.69) is 10.3 Å². The standard InChI is InChI=1S/C14H11Cl2F3N2OS/c1-7(15)12(22)21-13-20-6-10(23-13)5-8-4-9(14(17,18)19)2-3-11(8)16/h2-4,6-7H,5H2,1H3,(H,20,21,22). The highest BCUT2D eigenvalue weighted by Gasteiger charge is 2.30. The number of nitrogens with one attached hydrogen (secondary N) is 1. The maximum Gasteiger partial charge on any atom is 0.416 e. The molecule has 1 amide bonds.